The van der Waals surface area contributed by atoms with E-state index in [2.05, 4.69) is 45.9 Å². The maximum Gasteiger partial charge on any atom is 0.142 e. The molecule has 0 aromatic rings. The highest BCUT2D eigenvalue weighted by Crippen LogP contribution is 2.40. The van der Waals surface area contributed by atoms with E-state index < -0.39 is 0 Å². The molecule has 1 heteroatoms. The van der Waals surface area contributed by atoms with Crippen LogP contribution in [-0.2, 0) is 4.79 Å². The highest BCUT2D eigenvalue weighted by Gasteiger charge is 2.26. The lowest BCUT2D eigenvalue weighted by atomic mass is 9.72. The molecule has 1 rings (SSSR count). The highest BCUT2D eigenvalue weighted by atomic mass is 16.1. The molecule has 0 amide bonds. The van der Waals surface area contributed by atoms with Crippen LogP contribution in [0.3, 0.4) is 0 Å². The molecule has 0 aliphatic heterocycles. The fourth-order valence-electron chi connectivity index (χ4n) is 2.66. The zero-order valence-corrected chi connectivity index (χ0v) is 13.1. The topological polar surface area (TPSA) is 17.1 Å². The first-order valence-electron chi connectivity index (χ1n) is 7.31. The molecular formula is C19H26O. The molecule has 0 radical (unpaired) electrons. The predicted molar refractivity (Wildman–Crippen MR) is 87.6 cm³/mol. The minimum Gasteiger partial charge on any atom is -0.299 e. The van der Waals surface area contributed by atoms with Crippen molar-refractivity contribution in [1.82, 2.24) is 0 Å². The molecule has 0 unspecified atom stereocenters. The van der Waals surface area contributed by atoms with E-state index in [9.17, 15) is 4.79 Å². The fraction of sp³-hybridized carbons (Fsp3) is 0.421. The molecule has 1 aliphatic rings. The van der Waals surface area contributed by atoms with Gasteiger partial charge in [-0.15, -0.1) is 0 Å². The predicted octanol–water partition coefficient (Wildman–Crippen LogP) is 5.33. The van der Waals surface area contributed by atoms with Crippen LogP contribution in [0.2, 0.25) is 0 Å². The summed E-state index contributed by atoms with van der Waals surface area (Å²) in [6, 6.07) is 0. The molecule has 0 spiro atoms. The number of rotatable bonds is 5. The standard InChI is InChI=1S/C19H26O/c1-16(10-7-5-6-8-15-20)12-13-18-17(2)11-9-14-19(18,3)4/h5-8,10,12-13,15H,9,11,14H2,1-4H3. The SMILES string of the molecule is CC(C=CC1=C(C)CCCC1(C)C)=CC=CC=CC=O. The molecule has 0 aromatic heterocycles. The first kappa shape index (κ1) is 16.4. The van der Waals surface area contributed by atoms with E-state index in [4.69, 9.17) is 0 Å². The van der Waals surface area contributed by atoms with Gasteiger partial charge < -0.3 is 0 Å². The summed E-state index contributed by atoms with van der Waals surface area (Å²) in [7, 11) is 0. The number of aldehydes is 1. The zero-order valence-electron chi connectivity index (χ0n) is 13.1. The fourth-order valence-corrected chi connectivity index (χ4v) is 2.66. The number of hydrogen-bond acceptors (Lipinski definition) is 1. The molecule has 0 fully saturated rings. The van der Waals surface area contributed by atoms with Crippen molar-refractivity contribution in [3.05, 3.63) is 59.3 Å². The minimum absolute atomic E-state index is 0.293. The molecule has 0 saturated carbocycles. The summed E-state index contributed by atoms with van der Waals surface area (Å²) >= 11 is 0. The van der Waals surface area contributed by atoms with Gasteiger partial charge in [-0.1, -0.05) is 61.4 Å². The summed E-state index contributed by atoms with van der Waals surface area (Å²) in [5.41, 5.74) is 4.51. The molecule has 108 valence electrons. The Hall–Kier alpha value is -1.63. The monoisotopic (exact) mass is 270 g/mol. The van der Waals surface area contributed by atoms with E-state index >= 15 is 0 Å². The Labute approximate surface area is 123 Å². The van der Waals surface area contributed by atoms with E-state index in [1.165, 1.54) is 42.1 Å². The van der Waals surface area contributed by atoms with E-state index in [1.54, 1.807) is 6.08 Å². The normalized spacial score (nSPS) is 20.5. The Morgan fingerprint density at radius 1 is 1.15 bits per heavy atom. The van der Waals surface area contributed by atoms with Crippen LogP contribution < -0.4 is 0 Å². The van der Waals surface area contributed by atoms with Crippen molar-refractivity contribution in [2.45, 2.75) is 47.0 Å². The van der Waals surface area contributed by atoms with Gasteiger partial charge in [-0.2, -0.15) is 0 Å². The third-order valence-corrected chi connectivity index (χ3v) is 3.83. The summed E-state index contributed by atoms with van der Waals surface area (Å²) in [6.45, 7) is 9.01. The van der Waals surface area contributed by atoms with Crippen molar-refractivity contribution in [3.63, 3.8) is 0 Å². The zero-order chi connectivity index (χ0) is 15.0. The number of carbonyl (C=O) groups excluding carboxylic acids is 1. The van der Waals surface area contributed by atoms with Crippen LogP contribution in [-0.4, -0.2) is 6.29 Å². The van der Waals surface area contributed by atoms with Crippen LogP contribution in [0.4, 0.5) is 0 Å². The molecule has 0 heterocycles. The lowest BCUT2D eigenvalue weighted by Crippen LogP contribution is -2.19. The molecule has 0 atom stereocenters. The second kappa shape index (κ2) is 7.84. The van der Waals surface area contributed by atoms with Crippen LogP contribution in [0.5, 0.6) is 0 Å². The molecule has 0 N–H and O–H groups in total. The van der Waals surface area contributed by atoms with Gasteiger partial charge >= 0.3 is 0 Å². The van der Waals surface area contributed by atoms with Crippen molar-refractivity contribution in [2.75, 3.05) is 0 Å². The Balaban J connectivity index is 2.76. The van der Waals surface area contributed by atoms with Gasteiger partial charge in [0.2, 0.25) is 0 Å². The van der Waals surface area contributed by atoms with Crippen LogP contribution in [0, 0.1) is 5.41 Å². The largest absolute Gasteiger partial charge is 0.299 e. The lowest BCUT2D eigenvalue weighted by molar-refractivity contribution is -0.104. The first-order chi connectivity index (χ1) is 9.47. The van der Waals surface area contributed by atoms with Crippen molar-refractivity contribution in [1.29, 1.82) is 0 Å². The highest BCUT2D eigenvalue weighted by molar-refractivity contribution is 5.65. The second-order valence-corrected chi connectivity index (χ2v) is 6.08. The third kappa shape index (κ3) is 5.16. The smallest absolute Gasteiger partial charge is 0.142 e. The Morgan fingerprint density at radius 2 is 1.85 bits per heavy atom. The Bertz CT molecular complexity index is 482. The van der Waals surface area contributed by atoms with E-state index in [0.29, 0.717) is 5.41 Å². The summed E-state index contributed by atoms with van der Waals surface area (Å²) < 4.78 is 0. The number of allylic oxidation sites excluding steroid dienone is 10. The molecular weight excluding hydrogens is 244 g/mol. The summed E-state index contributed by atoms with van der Waals surface area (Å²) in [4.78, 5) is 10.1. The second-order valence-electron chi connectivity index (χ2n) is 6.08. The van der Waals surface area contributed by atoms with E-state index in [1.807, 2.05) is 12.2 Å². The van der Waals surface area contributed by atoms with Crippen molar-refractivity contribution < 1.29 is 4.79 Å². The molecule has 0 bridgehead atoms. The number of carbonyl (C=O) groups is 1. The maximum atomic E-state index is 10.1. The molecule has 1 nitrogen and oxygen atoms in total. The summed E-state index contributed by atoms with van der Waals surface area (Å²) in [6.07, 6.45) is 18.1. The molecule has 1 aliphatic carbocycles. The third-order valence-electron chi connectivity index (χ3n) is 3.83. The summed E-state index contributed by atoms with van der Waals surface area (Å²) in [5.74, 6) is 0. The molecule has 0 aromatic carbocycles. The minimum atomic E-state index is 0.293. The van der Waals surface area contributed by atoms with E-state index in [-0.39, 0.29) is 0 Å². The van der Waals surface area contributed by atoms with Gasteiger partial charge in [-0.25, -0.2) is 0 Å². The van der Waals surface area contributed by atoms with Crippen LogP contribution in [0.25, 0.3) is 0 Å². The van der Waals surface area contributed by atoms with Gasteiger partial charge in [0.05, 0.1) is 0 Å². The number of hydrogen-bond donors (Lipinski definition) is 0. The van der Waals surface area contributed by atoms with Gasteiger partial charge in [0, 0.05) is 0 Å². The van der Waals surface area contributed by atoms with Crippen LogP contribution in [0.15, 0.2) is 59.3 Å². The van der Waals surface area contributed by atoms with Crippen LogP contribution in [0.1, 0.15) is 47.0 Å². The maximum absolute atomic E-state index is 10.1. The molecule has 0 saturated heterocycles. The van der Waals surface area contributed by atoms with Gasteiger partial charge in [-0.3, -0.25) is 4.79 Å². The first-order valence-corrected chi connectivity index (χ1v) is 7.31. The lowest BCUT2D eigenvalue weighted by Gasteiger charge is -2.32. The van der Waals surface area contributed by atoms with Crippen molar-refractivity contribution in [2.24, 2.45) is 5.41 Å². The van der Waals surface area contributed by atoms with E-state index in [0.717, 1.165) is 6.29 Å². The van der Waals surface area contributed by atoms with Gasteiger partial charge in [0.1, 0.15) is 6.29 Å². The quantitative estimate of drug-likeness (QED) is 0.375. The molecule has 20 heavy (non-hydrogen) atoms. The van der Waals surface area contributed by atoms with Gasteiger partial charge in [0.25, 0.3) is 0 Å². The Kier molecular flexibility index (Phi) is 6.44. The summed E-state index contributed by atoms with van der Waals surface area (Å²) in [5, 5.41) is 0. The van der Waals surface area contributed by atoms with Gasteiger partial charge in [-0.05, 0) is 50.2 Å². The average Bonchev–Trinajstić information content (AvgIpc) is 2.37. The van der Waals surface area contributed by atoms with Crippen LogP contribution >= 0.6 is 0 Å². The van der Waals surface area contributed by atoms with Crippen molar-refractivity contribution in [3.8, 4) is 0 Å². The van der Waals surface area contributed by atoms with Gasteiger partial charge in [0.15, 0.2) is 0 Å². The van der Waals surface area contributed by atoms with Crippen molar-refractivity contribution >= 4 is 6.29 Å². The average molecular weight is 270 g/mol. The Morgan fingerprint density at radius 3 is 2.50 bits per heavy atom.